The van der Waals surface area contributed by atoms with Crippen molar-refractivity contribution in [1.29, 1.82) is 5.26 Å². The van der Waals surface area contributed by atoms with E-state index in [1.165, 1.54) is 4.57 Å². The molecule has 8 heteroatoms. The van der Waals surface area contributed by atoms with E-state index in [0.717, 1.165) is 5.56 Å². The Hall–Kier alpha value is -3.60. The van der Waals surface area contributed by atoms with Gasteiger partial charge in [0.05, 0.1) is 18.2 Å². The van der Waals surface area contributed by atoms with Gasteiger partial charge in [0.2, 0.25) is 5.75 Å². The van der Waals surface area contributed by atoms with Gasteiger partial charge in [0.1, 0.15) is 6.61 Å². The molecule has 2 heterocycles. The molecule has 1 aliphatic heterocycles. The van der Waals surface area contributed by atoms with Gasteiger partial charge in [0, 0.05) is 6.54 Å². The molecule has 8 nitrogen and oxygen atoms in total. The minimum absolute atomic E-state index is 0.123. The highest BCUT2D eigenvalue weighted by molar-refractivity contribution is 5.94. The maximum absolute atomic E-state index is 12.3. The third-order valence-corrected chi connectivity index (χ3v) is 3.74. The first-order valence-corrected chi connectivity index (χ1v) is 7.44. The lowest BCUT2D eigenvalue weighted by Crippen LogP contribution is -2.34. The maximum Gasteiger partial charge on any atom is 0.297 e. The fourth-order valence-corrected chi connectivity index (χ4v) is 2.41. The van der Waals surface area contributed by atoms with Crippen LogP contribution in [-0.2, 0) is 17.8 Å². The van der Waals surface area contributed by atoms with Gasteiger partial charge in [-0.3, -0.25) is 14.2 Å². The van der Waals surface area contributed by atoms with Crippen molar-refractivity contribution in [3.63, 3.8) is 0 Å². The van der Waals surface area contributed by atoms with E-state index in [1.807, 2.05) is 6.07 Å². The fourth-order valence-electron chi connectivity index (χ4n) is 2.41. The van der Waals surface area contributed by atoms with E-state index < -0.39 is 17.2 Å². The average molecular weight is 338 g/mol. The Labute approximate surface area is 142 Å². The molecular formula is C17H14N4O4. The molecule has 0 aliphatic carbocycles. The average Bonchev–Trinajstić information content (AvgIpc) is 2.63. The van der Waals surface area contributed by atoms with Crippen LogP contribution >= 0.6 is 0 Å². The zero-order chi connectivity index (χ0) is 18.0. The molecule has 3 rings (SSSR count). The maximum atomic E-state index is 12.3. The summed E-state index contributed by atoms with van der Waals surface area (Å²) in [6, 6.07) is 8.66. The van der Waals surface area contributed by atoms with E-state index in [0.29, 0.717) is 5.56 Å². The third-order valence-electron chi connectivity index (χ3n) is 3.74. The summed E-state index contributed by atoms with van der Waals surface area (Å²) in [7, 11) is 0. The molecule has 0 bridgehead atoms. The largest absolute Gasteiger partial charge is 0.501 e. The first-order chi connectivity index (χ1) is 12.0. The van der Waals surface area contributed by atoms with Crippen LogP contribution in [0.25, 0.3) is 5.76 Å². The summed E-state index contributed by atoms with van der Waals surface area (Å²) in [6.07, 6.45) is 0. The SMILES string of the molecule is C=C1OCCn2c1nc(C(=O)NCc1ccc(C#N)cc1)c(O)c2=O. The lowest BCUT2D eigenvalue weighted by atomic mass is 10.1. The Morgan fingerprint density at radius 2 is 2.16 bits per heavy atom. The van der Waals surface area contributed by atoms with E-state index in [4.69, 9.17) is 10.00 Å². The van der Waals surface area contributed by atoms with Gasteiger partial charge in [-0.05, 0) is 17.7 Å². The number of aromatic nitrogens is 2. The van der Waals surface area contributed by atoms with Gasteiger partial charge in [-0.25, -0.2) is 4.98 Å². The number of fused-ring (bicyclic) bond motifs is 1. The molecule has 0 unspecified atom stereocenters. The molecule has 1 aromatic carbocycles. The smallest absolute Gasteiger partial charge is 0.297 e. The van der Waals surface area contributed by atoms with Crippen molar-refractivity contribution in [2.75, 3.05) is 6.61 Å². The van der Waals surface area contributed by atoms with Gasteiger partial charge in [-0.15, -0.1) is 0 Å². The minimum atomic E-state index is -0.712. The van der Waals surface area contributed by atoms with Gasteiger partial charge < -0.3 is 15.2 Å². The molecule has 2 aromatic rings. The highest BCUT2D eigenvalue weighted by Gasteiger charge is 2.25. The lowest BCUT2D eigenvalue weighted by Gasteiger charge is -2.21. The van der Waals surface area contributed by atoms with Crippen LogP contribution in [-0.4, -0.2) is 27.2 Å². The number of carbonyl (C=O) groups excluding carboxylic acids is 1. The van der Waals surface area contributed by atoms with Crippen LogP contribution in [0.5, 0.6) is 5.75 Å². The number of carbonyl (C=O) groups is 1. The molecule has 0 radical (unpaired) electrons. The summed E-state index contributed by atoms with van der Waals surface area (Å²) in [5.41, 5.74) is 0.180. The van der Waals surface area contributed by atoms with E-state index in [1.54, 1.807) is 24.3 Å². The molecule has 1 aliphatic rings. The summed E-state index contributed by atoms with van der Waals surface area (Å²) in [5.74, 6) is -1.11. The van der Waals surface area contributed by atoms with E-state index >= 15 is 0 Å². The van der Waals surface area contributed by atoms with Crippen molar-refractivity contribution in [2.24, 2.45) is 0 Å². The molecule has 2 N–H and O–H groups in total. The molecule has 0 saturated carbocycles. The Bertz CT molecular complexity index is 954. The standard InChI is InChI=1S/C17H14N4O4/c1-10-15-20-13(14(22)17(24)21(15)6-7-25-10)16(23)19-9-12-4-2-11(8-18)3-5-12/h2-5,22H,1,6-7,9H2,(H,19,23). The number of nitriles is 1. The fraction of sp³-hybridized carbons (Fsp3) is 0.176. The first-order valence-electron chi connectivity index (χ1n) is 7.44. The summed E-state index contributed by atoms with van der Waals surface area (Å²) in [5, 5.41) is 21.4. The minimum Gasteiger partial charge on any atom is -0.501 e. The van der Waals surface area contributed by atoms with Crippen LogP contribution in [0.15, 0.2) is 35.6 Å². The molecule has 126 valence electrons. The zero-order valence-electron chi connectivity index (χ0n) is 13.2. The van der Waals surface area contributed by atoms with Crippen LogP contribution in [0.1, 0.15) is 27.4 Å². The van der Waals surface area contributed by atoms with Crippen LogP contribution in [0.3, 0.4) is 0 Å². The second kappa shape index (κ2) is 6.49. The number of hydrogen-bond donors (Lipinski definition) is 2. The molecule has 0 fully saturated rings. The van der Waals surface area contributed by atoms with E-state index in [9.17, 15) is 14.7 Å². The van der Waals surface area contributed by atoms with Crippen molar-refractivity contribution < 1.29 is 14.6 Å². The second-order valence-corrected chi connectivity index (χ2v) is 5.35. The number of nitrogens with zero attached hydrogens (tertiary/aromatic N) is 3. The van der Waals surface area contributed by atoms with Gasteiger partial charge >= 0.3 is 0 Å². The summed E-state index contributed by atoms with van der Waals surface area (Å²) in [4.78, 5) is 28.5. The number of amides is 1. The van der Waals surface area contributed by atoms with Gasteiger partial charge in [-0.2, -0.15) is 5.26 Å². The Morgan fingerprint density at radius 1 is 1.44 bits per heavy atom. The molecular weight excluding hydrogens is 324 g/mol. The highest BCUT2D eigenvalue weighted by atomic mass is 16.5. The number of hydrogen-bond acceptors (Lipinski definition) is 6. The van der Waals surface area contributed by atoms with Gasteiger partial charge in [-0.1, -0.05) is 18.7 Å². The normalized spacial score (nSPS) is 12.7. The predicted octanol–water partition coefficient (Wildman–Crippen LogP) is 0.751. The van der Waals surface area contributed by atoms with Crippen LogP contribution in [0, 0.1) is 11.3 Å². The summed E-state index contributed by atoms with van der Waals surface area (Å²) < 4.78 is 6.45. The molecule has 0 saturated heterocycles. The first kappa shape index (κ1) is 16.3. The second-order valence-electron chi connectivity index (χ2n) is 5.35. The van der Waals surface area contributed by atoms with Gasteiger partial charge in [0.15, 0.2) is 17.3 Å². The monoisotopic (exact) mass is 338 g/mol. The number of rotatable bonds is 3. The van der Waals surface area contributed by atoms with Crippen LogP contribution in [0.2, 0.25) is 0 Å². The Balaban J connectivity index is 1.83. The van der Waals surface area contributed by atoms with Crippen LogP contribution < -0.4 is 10.9 Å². The molecule has 0 spiro atoms. The number of ether oxygens (including phenoxy) is 1. The molecule has 1 amide bonds. The third kappa shape index (κ3) is 3.07. The topological polar surface area (TPSA) is 117 Å². The lowest BCUT2D eigenvalue weighted by molar-refractivity contribution is 0.0941. The molecule has 1 aromatic heterocycles. The number of nitrogens with one attached hydrogen (secondary N) is 1. The molecule has 0 atom stereocenters. The van der Waals surface area contributed by atoms with Crippen molar-refractivity contribution in [1.82, 2.24) is 14.9 Å². The van der Waals surface area contributed by atoms with E-state index in [2.05, 4.69) is 16.9 Å². The van der Waals surface area contributed by atoms with Crippen molar-refractivity contribution in [3.05, 3.63) is 63.8 Å². The quantitative estimate of drug-likeness (QED) is 0.853. The summed E-state index contributed by atoms with van der Waals surface area (Å²) in [6.45, 7) is 4.28. The predicted molar refractivity (Wildman–Crippen MR) is 87.5 cm³/mol. The number of aromatic hydroxyl groups is 1. The summed E-state index contributed by atoms with van der Waals surface area (Å²) >= 11 is 0. The Morgan fingerprint density at radius 3 is 2.84 bits per heavy atom. The van der Waals surface area contributed by atoms with Crippen molar-refractivity contribution >= 4 is 11.7 Å². The van der Waals surface area contributed by atoms with Crippen molar-refractivity contribution in [3.8, 4) is 11.8 Å². The Kier molecular flexibility index (Phi) is 4.22. The van der Waals surface area contributed by atoms with E-state index in [-0.39, 0.29) is 37.0 Å². The van der Waals surface area contributed by atoms with Crippen molar-refractivity contribution in [2.45, 2.75) is 13.1 Å². The van der Waals surface area contributed by atoms with Gasteiger partial charge in [0.25, 0.3) is 11.5 Å². The zero-order valence-corrected chi connectivity index (χ0v) is 13.2. The number of benzene rings is 1. The van der Waals surface area contributed by atoms with Crippen LogP contribution in [0.4, 0.5) is 0 Å². The molecule has 25 heavy (non-hydrogen) atoms. The highest BCUT2D eigenvalue weighted by Crippen LogP contribution is 2.19.